The maximum Gasteiger partial charge on any atom is 0.317 e. The van der Waals surface area contributed by atoms with Gasteiger partial charge in [0.15, 0.2) is 0 Å². The Labute approximate surface area is 223 Å². The molecule has 0 aromatic carbocycles. The van der Waals surface area contributed by atoms with Gasteiger partial charge in [-0.2, -0.15) is 0 Å². The second-order valence-electron chi connectivity index (χ2n) is 10.9. The van der Waals surface area contributed by atoms with Crippen LogP contribution < -0.4 is 5.32 Å². The predicted octanol–water partition coefficient (Wildman–Crippen LogP) is 9.28. The van der Waals surface area contributed by atoms with Crippen LogP contribution in [0.5, 0.6) is 0 Å². The van der Waals surface area contributed by atoms with E-state index in [0.717, 1.165) is 25.8 Å². The van der Waals surface area contributed by atoms with E-state index in [9.17, 15) is 9.59 Å². The molecule has 0 spiro atoms. The third kappa shape index (κ3) is 32.9. The number of carbonyl (C=O) groups is 2. The van der Waals surface area contributed by atoms with Gasteiger partial charge in [-0.25, -0.2) is 0 Å². The summed E-state index contributed by atoms with van der Waals surface area (Å²) in [5, 5.41) is 20.1. The van der Waals surface area contributed by atoms with Gasteiger partial charge >= 0.3 is 11.9 Å². The minimum atomic E-state index is -0.768. The number of aliphatic carboxylic acids is 2. The molecule has 214 valence electrons. The Morgan fingerprint density at radius 2 is 0.611 bits per heavy atom. The lowest BCUT2D eigenvalue weighted by Gasteiger charge is -2.05. The van der Waals surface area contributed by atoms with Crippen LogP contribution in [0.2, 0.25) is 0 Å². The fourth-order valence-electron chi connectivity index (χ4n) is 4.96. The van der Waals surface area contributed by atoms with E-state index in [0.29, 0.717) is 6.42 Å². The van der Waals surface area contributed by atoms with Crippen molar-refractivity contribution in [2.45, 2.75) is 173 Å². The molecule has 0 aliphatic carbocycles. The lowest BCUT2D eigenvalue weighted by molar-refractivity contribution is -0.137. The Morgan fingerprint density at radius 3 is 0.861 bits per heavy atom. The first-order chi connectivity index (χ1) is 17.6. The van der Waals surface area contributed by atoms with Crippen molar-refractivity contribution in [3.8, 4) is 0 Å². The maximum absolute atomic E-state index is 10.5. The smallest absolute Gasteiger partial charge is 0.317 e. The van der Waals surface area contributed by atoms with E-state index in [1.54, 1.807) is 0 Å². The summed E-state index contributed by atoms with van der Waals surface area (Å²) >= 11 is 0. The molecule has 0 saturated carbocycles. The van der Waals surface area contributed by atoms with Crippen LogP contribution in [0.25, 0.3) is 0 Å². The van der Waals surface area contributed by atoms with Crippen molar-refractivity contribution in [2.24, 2.45) is 0 Å². The number of nitrogens with one attached hydrogen (secondary N) is 1. The minimum absolute atomic E-state index is 0.0873. The normalized spacial score (nSPS) is 11.2. The summed E-state index contributed by atoms with van der Waals surface area (Å²) in [7, 11) is 0. The molecule has 5 nitrogen and oxygen atoms in total. The fourth-order valence-corrected chi connectivity index (χ4v) is 4.96. The molecule has 0 heterocycles. The first kappa shape index (κ1) is 34.9. The highest BCUT2D eigenvalue weighted by Crippen LogP contribution is 2.16. The second kappa shape index (κ2) is 30.1. The summed E-state index contributed by atoms with van der Waals surface area (Å²) < 4.78 is 0. The zero-order valence-corrected chi connectivity index (χ0v) is 23.7. The molecular weight excluding hydrogens is 450 g/mol. The van der Waals surface area contributed by atoms with Gasteiger partial charge < -0.3 is 15.5 Å². The van der Waals surface area contributed by atoms with Gasteiger partial charge in [-0.3, -0.25) is 9.59 Å². The molecule has 0 radical (unpaired) electrons. The Morgan fingerprint density at radius 1 is 0.361 bits per heavy atom. The molecule has 3 N–H and O–H groups in total. The molecule has 0 fully saturated rings. The monoisotopic (exact) mass is 511 g/mol. The summed E-state index contributed by atoms with van der Waals surface area (Å²) in [6, 6.07) is 0. The lowest BCUT2D eigenvalue weighted by atomic mass is 10.0. The van der Waals surface area contributed by atoms with Crippen LogP contribution in [0.15, 0.2) is 0 Å². The number of rotatable bonds is 31. The zero-order chi connectivity index (χ0) is 26.4. The highest BCUT2D eigenvalue weighted by molar-refractivity contribution is 5.68. The lowest BCUT2D eigenvalue weighted by Crippen LogP contribution is -2.23. The van der Waals surface area contributed by atoms with Crippen LogP contribution >= 0.6 is 0 Å². The number of hydrogen-bond acceptors (Lipinski definition) is 3. The van der Waals surface area contributed by atoms with E-state index in [2.05, 4.69) is 5.32 Å². The molecule has 0 aliphatic heterocycles. The summed E-state index contributed by atoms with van der Waals surface area (Å²) in [5.74, 6) is -1.43. The van der Waals surface area contributed by atoms with Gasteiger partial charge in [0.1, 0.15) is 0 Å². The van der Waals surface area contributed by atoms with Crippen LogP contribution in [-0.4, -0.2) is 35.2 Å². The molecule has 5 heteroatoms. The second-order valence-corrected chi connectivity index (χ2v) is 10.9. The molecule has 0 aliphatic rings. The first-order valence-electron chi connectivity index (χ1n) is 15.8. The molecule has 0 aromatic rings. The van der Waals surface area contributed by atoms with Crippen molar-refractivity contribution in [3.05, 3.63) is 0 Å². The summed E-state index contributed by atoms with van der Waals surface area (Å²) in [6.07, 6.45) is 34.9. The number of hydrogen-bond donors (Lipinski definition) is 3. The molecule has 0 unspecified atom stereocenters. The quantitative estimate of drug-likeness (QED) is 0.0807. The zero-order valence-electron chi connectivity index (χ0n) is 23.7. The van der Waals surface area contributed by atoms with Crippen molar-refractivity contribution in [3.63, 3.8) is 0 Å². The van der Waals surface area contributed by atoms with Crippen LogP contribution in [-0.2, 0) is 9.59 Å². The van der Waals surface area contributed by atoms with Crippen LogP contribution in [0.1, 0.15) is 173 Å². The van der Waals surface area contributed by atoms with E-state index < -0.39 is 11.9 Å². The van der Waals surface area contributed by atoms with Gasteiger partial charge in [0.25, 0.3) is 0 Å². The highest BCUT2D eigenvalue weighted by Gasteiger charge is 1.98. The van der Waals surface area contributed by atoms with Crippen molar-refractivity contribution in [1.29, 1.82) is 0 Å². The van der Waals surface area contributed by atoms with Crippen LogP contribution in [0, 0.1) is 0 Å². The Balaban J connectivity index is 3.03. The summed E-state index contributed by atoms with van der Waals surface area (Å²) in [4.78, 5) is 20.8. The molecule has 36 heavy (non-hydrogen) atoms. The third-order valence-corrected chi connectivity index (χ3v) is 7.27. The van der Waals surface area contributed by atoms with Crippen LogP contribution in [0.3, 0.4) is 0 Å². The van der Waals surface area contributed by atoms with Gasteiger partial charge in [0.2, 0.25) is 0 Å². The third-order valence-electron chi connectivity index (χ3n) is 7.27. The SMILES string of the molecule is O=C(O)CCCCCCCCCCCCCCCCCCCCCCCCCCCCNCC(=O)O. The molecule has 0 bridgehead atoms. The first-order valence-corrected chi connectivity index (χ1v) is 15.8. The van der Waals surface area contributed by atoms with E-state index in [1.165, 1.54) is 148 Å². The number of unbranched alkanes of at least 4 members (excludes halogenated alkanes) is 25. The molecule has 0 aromatic heterocycles. The van der Waals surface area contributed by atoms with Gasteiger partial charge in [-0.05, 0) is 19.4 Å². The Bertz CT molecular complexity index is 427. The average Bonchev–Trinajstić information content (AvgIpc) is 2.85. The number of carboxylic acids is 2. The standard InChI is InChI=1S/C31H61NO4/c33-30(34)27-25-23-21-19-17-15-13-11-9-7-5-3-1-2-4-6-8-10-12-14-16-18-20-22-24-26-28-32-29-31(35)36/h32H,1-29H2,(H,33,34)(H,35,36). The Kier molecular flexibility index (Phi) is 29.2. The fraction of sp³-hybridized carbons (Fsp3) is 0.935. The van der Waals surface area contributed by atoms with E-state index >= 15 is 0 Å². The van der Waals surface area contributed by atoms with Crippen LogP contribution in [0.4, 0.5) is 0 Å². The van der Waals surface area contributed by atoms with Gasteiger partial charge in [-0.1, -0.05) is 154 Å². The molecule has 0 amide bonds. The summed E-state index contributed by atoms with van der Waals surface area (Å²) in [5.41, 5.74) is 0. The Hall–Kier alpha value is -1.10. The van der Waals surface area contributed by atoms with E-state index in [-0.39, 0.29) is 6.54 Å². The molecular formula is C31H61NO4. The van der Waals surface area contributed by atoms with Gasteiger partial charge in [0, 0.05) is 6.42 Å². The number of carboxylic acid groups (broad SMARTS) is 2. The summed E-state index contributed by atoms with van der Waals surface area (Å²) in [6.45, 7) is 0.916. The minimum Gasteiger partial charge on any atom is -0.481 e. The van der Waals surface area contributed by atoms with Crippen molar-refractivity contribution >= 4 is 11.9 Å². The molecule has 0 rings (SSSR count). The van der Waals surface area contributed by atoms with Gasteiger partial charge in [0.05, 0.1) is 6.54 Å². The van der Waals surface area contributed by atoms with Gasteiger partial charge in [-0.15, -0.1) is 0 Å². The average molecular weight is 512 g/mol. The van der Waals surface area contributed by atoms with Crippen molar-refractivity contribution in [1.82, 2.24) is 5.32 Å². The van der Waals surface area contributed by atoms with E-state index in [4.69, 9.17) is 10.2 Å². The van der Waals surface area contributed by atoms with E-state index in [1.807, 2.05) is 0 Å². The maximum atomic E-state index is 10.5. The predicted molar refractivity (Wildman–Crippen MR) is 153 cm³/mol. The van der Waals surface area contributed by atoms with Crippen molar-refractivity contribution < 1.29 is 19.8 Å². The molecule has 0 atom stereocenters. The molecule has 0 saturated heterocycles. The highest BCUT2D eigenvalue weighted by atomic mass is 16.4. The van der Waals surface area contributed by atoms with Crippen molar-refractivity contribution in [2.75, 3.05) is 13.1 Å². The largest absolute Gasteiger partial charge is 0.481 e. The topological polar surface area (TPSA) is 86.6 Å².